The van der Waals surface area contributed by atoms with E-state index in [4.69, 9.17) is 14.2 Å². The standard InChI is InChI=1S/C15H16BrNO3/c1-2-18-13-5-3-4-6-14(13)20-10-9-19-12-7-8-15(16)17-11-12/h3-8,11H,2,9-10H2,1H3. The van der Waals surface area contributed by atoms with Gasteiger partial charge in [0.05, 0.1) is 12.8 Å². The minimum Gasteiger partial charge on any atom is -0.490 e. The average Bonchev–Trinajstić information content (AvgIpc) is 2.47. The molecule has 1 heterocycles. The van der Waals surface area contributed by atoms with Gasteiger partial charge in [0.15, 0.2) is 11.5 Å². The van der Waals surface area contributed by atoms with Crippen molar-refractivity contribution in [3.05, 3.63) is 47.2 Å². The number of nitrogens with zero attached hydrogens (tertiary/aromatic N) is 1. The number of pyridine rings is 1. The Labute approximate surface area is 126 Å². The Kier molecular flexibility index (Phi) is 5.68. The van der Waals surface area contributed by atoms with Crippen LogP contribution in [0.2, 0.25) is 0 Å². The zero-order valence-corrected chi connectivity index (χ0v) is 12.8. The molecule has 0 saturated carbocycles. The number of hydrogen-bond acceptors (Lipinski definition) is 4. The van der Waals surface area contributed by atoms with Gasteiger partial charge in [-0.25, -0.2) is 4.98 Å². The van der Waals surface area contributed by atoms with E-state index in [2.05, 4.69) is 20.9 Å². The van der Waals surface area contributed by atoms with E-state index in [1.54, 1.807) is 6.20 Å². The van der Waals surface area contributed by atoms with Crippen LogP contribution in [0.4, 0.5) is 0 Å². The van der Waals surface area contributed by atoms with Crippen molar-refractivity contribution in [2.24, 2.45) is 0 Å². The monoisotopic (exact) mass is 337 g/mol. The lowest BCUT2D eigenvalue weighted by molar-refractivity contribution is 0.208. The van der Waals surface area contributed by atoms with Gasteiger partial charge in [0.2, 0.25) is 0 Å². The number of benzene rings is 1. The van der Waals surface area contributed by atoms with Crippen molar-refractivity contribution >= 4 is 15.9 Å². The summed E-state index contributed by atoms with van der Waals surface area (Å²) in [6.07, 6.45) is 1.66. The maximum absolute atomic E-state index is 5.66. The van der Waals surface area contributed by atoms with Crippen LogP contribution in [0.5, 0.6) is 17.2 Å². The first kappa shape index (κ1) is 14.7. The fraction of sp³-hybridized carbons (Fsp3) is 0.267. The third-order valence-electron chi connectivity index (χ3n) is 2.46. The lowest BCUT2D eigenvalue weighted by Gasteiger charge is -2.12. The molecule has 0 amide bonds. The second-order valence-corrected chi connectivity index (χ2v) is 4.71. The Bertz CT molecular complexity index is 531. The molecular weight excluding hydrogens is 322 g/mol. The van der Waals surface area contributed by atoms with E-state index < -0.39 is 0 Å². The fourth-order valence-corrected chi connectivity index (χ4v) is 1.84. The quantitative estimate of drug-likeness (QED) is 0.570. The summed E-state index contributed by atoms with van der Waals surface area (Å²) in [4.78, 5) is 4.09. The van der Waals surface area contributed by atoms with Gasteiger partial charge in [-0.1, -0.05) is 12.1 Å². The van der Waals surface area contributed by atoms with Crippen LogP contribution in [0, 0.1) is 0 Å². The molecule has 1 aromatic heterocycles. The van der Waals surface area contributed by atoms with Crippen LogP contribution < -0.4 is 14.2 Å². The Balaban J connectivity index is 1.79. The SMILES string of the molecule is CCOc1ccccc1OCCOc1ccc(Br)nc1. The molecule has 0 saturated heterocycles. The highest BCUT2D eigenvalue weighted by Crippen LogP contribution is 2.26. The molecule has 106 valence electrons. The molecule has 20 heavy (non-hydrogen) atoms. The highest BCUT2D eigenvalue weighted by atomic mass is 79.9. The normalized spacial score (nSPS) is 10.1. The van der Waals surface area contributed by atoms with Gasteiger partial charge < -0.3 is 14.2 Å². The lowest BCUT2D eigenvalue weighted by Crippen LogP contribution is -2.09. The summed E-state index contributed by atoms with van der Waals surface area (Å²) < 4.78 is 17.5. The number of rotatable bonds is 7. The highest BCUT2D eigenvalue weighted by molar-refractivity contribution is 9.10. The molecule has 2 rings (SSSR count). The molecule has 0 aliphatic carbocycles. The Hall–Kier alpha value is -1.75. The summed E-state index contributed by atoms with van der Waals surface area (Å²) in [6.45, 7) is 3.45. The van der Waals surface area contributed by atoms with Crippen LogP contribution in [-0.2, 0) is 0 Å². The summed E-state index contributed by atoms with van der Waals surface area (Å²) in [5.74, 6) is 2.20. The van der Waals surface area contributed by atoms with Gasteiger partial charge in [0, 0.05) is 0 Å². The summed E-state index contributed by atoms with van der Waals surface area (Å²) in [5.41, 5.74) is 0. The average molecular weight is 338 g/mol. The molecule has 5 heteroatoms. The number of ether oxygens (including phenoxy) is 3. The van der Waals surface area contributed by atoms with Crippen molar-refractivity contribution < 1.29 is 14.2 Å². The molecule has 0 N–H and O–H groups in total. The predicted octanol–water partition coefficient (Wildman–Crippen LogP) is 3.70. The molecule has 1 aromatic carbocycles. The fourth-order valence-electron chi connectivity index (χ4n) is 1.60. The summed E-state index contributed by atoms with van der Waals surface area (Å²) in [6, 6.07) is 11.3. The van der Waals surface area contributed by atoms with Gasteiger partial charge in [-0.2, -0.15) is 0 Å². The van der Waals surface area contributed by atoms with Crippen LogP contribution in [0.25, 0.3) is 0 Å². The lowest BCUT2D eigenvalue weighted by atomic mass is 10.3. The molecule has 0 radical (unpaired) electrons. The molecule has 0 fully saturated rings. The van der Waals surface area contributed by atoms with Crippen molar-refractivity contribution in [2.45, 2.75) is 6.92 Å². The van der Waals surface area contributed by atoms with Gasteiger partial charge in [0.1, 0.15) is 23.6 Å². The van der Waals surface area contributed by atoms with Gasteiger partial charge >= 0.3 is 0 Å². The third-order valence-corrected chi connectivity index (χ3v) is 2.93. The number of hydrogen-bond donors (Lipinski definition) is 0. The highest BCUT2D eigenvalue weighted by Gasteiger charge is 2.03. The number of halogens is 1. The predicted molar refractivity (Wildman–Crippen MR) is 80.5 cm³/mol. The minimum absolute atomic E-state index is 0.445. The molecule has 2 aromatic rings. The van der Waals surface area contributed by atoms with E-state index in [1.165, 1.54) is 0 Å². The van der Waals surface area contributed by atoms with E-state index in [9.17, 15) is 0 Å². The minimum atomic E-state index is 0.445. The van der Waals surface area contributed by atoms with Gasteiger partial charge in [0.25, 0.3) is 0 Å². The summed E-state index contributed by atoms with van der Waals surface area (Å²) in [5, 5.41) is 0. The summed E-state index contributed by atoms with van der Waals surface area (Å²) >= 11 is 3.28. The van der Waals surface area contributed by atoms with Crippen molar-refractivity contribution in [1.82, 2.24) is 4.98 Å². The molecule has 4 nitrogen and oxygen atoms in total. The van der Waals surface area contributed by atoms with Crippen LogP contribution in [0.1, 0.15) is 6.92 Å². The maximum Gasteiger partial charge on any atom is 0.161 e. The van der Waals surface area contributed by atoms with Crippen LogP contribution in [-0.4, -0.2) is 24.8 Å². The second kappa shape index (κ2) is 7.75. The number of aromatic nitrogens is 1. The van der Waals surface area contributed by atoms with Gasteiger partial charge in [-0.15, -0.1) is 0 Å². The van der Waals surface area contributed by atoms with Gasteiger partial charge in [-0.3, -0.25) is 0 Å². The first-order valence-electron chi connectivity index (χ1n) is 6.38. The molecule has 0 bridgehead atoms. The molecular formula is C15H16BrNO3. The van der Waals surface area contributed by atoms with E-state index in [-0.39, 0.29) is 0 Å². The zero-order chi connectivity index (χ0) is 14.2. The van der Waals surface area contributed by atoms with Crippen molar-refractivity contribution in [3.8, 4) is 17.2 Å². The molecule has 0 atom stereocenters. The van der Waals surface area contributed by atoms with Crippen molar-refractivity contribution in [2.75, 3.05) is 19.8 Å². The van der Waals surface area contributed by atoms with E-state index in [0.717, 1.165) is 21.9 Å². The van der Waals surface area contributed by atoms with Crippen LogP contribution in [0.3, 0.4) is 0 Å². The van der Waals surface area contributed by atoms with Crippen LogP contribution >= 0.6 is 15.9 Å². The Morgan fingerprint density at radius 2 is 1.65 bits per heavy atom. The van der Waals surface area contributed by atoms with Crippen molar-refractivity contribution in [1.29, 1.82) is 0 Å². The summed E-state index contributed by atoms with van der Waals surface area (Å²) in [7, 11) is 0. The third kappa shape index (κ3) is 4.42. The smallest absolute Gasteiger partial charge is 0.161 e. The van der Waals surface area contributed by atoms with Gasteiger partial charge in [-0.05, 0) is 47.1 Å². The molecule has 0 spiro atoms. The van der Waals surface area contributed by atoms with E-state index in [1.807, 2.05) is 43.3 Å². The molecule has 0 aliphatic heterocycles. The molecule has 0 aliphatic rings. The Morgan fingerprint density at radius 3 is 2.30 bits per heavy atom. The Morgan fingerprint density at radius 1 is 0.950 bits per heavy atom. The van der Waals surface area contributed by atoms with Crippen molar-refractivity contribution in [3.63, 3.8) is 0 Å². The first-order valence-corrected chi connectivity index (χ1v) is 7.18. The maximum atomic E-state index is 5.66. The molecule has 0 unspecified atom stereocenters. The topological polar surface area (TPSA) is 40.6 Å². The zero-order valence-electron chi connectivity index (χ0n) is 11.2. The van der Waals surface area contributed by atoms with E-state index in [0.29, 0.717) is 19.8 Å². The second-order valence-electron chi connectivity index (χ2n) is 3.89. The largest absolute Gasteiger partial charge is 0.490 e. The van der Waals surface area contributed by atoms with E-state index >= 15 is 0 Å². The van der Waals surface area contributed by atoms with Crippen LogP contribution in [0.15, 0.2) is 47.2 Å². The first-order chi connectivity index (χ1) is 9.79. The number of para-hydroxylation sites is 2.